The van der Waals surface area contributed by atoms with Gasteiger partial charge in [0.1, 0.15) is 5.82 Å². The Hall–Kier alpha value is -2.01. The molecule has 84 valence electrons. The quantitative estimate of drug-likeness (QED) is 0.690. The third-order valence-electron chi connectivity index (χ3n) is 2.52. The first-order chi connectivity index (χ1) is 8.34. The number of rotatable bonds is 2. The van der Waals surface area contributed by atoms with E-state index in [1.807, 2.05) is 17.5 Å². The molecular formula is C12H9N3OS. The van der Waals surface area contributed by atoms with E-state index in [4.69, 9.17) is 0 Å². The van der Waals surface area contributed by atoms with Crippen LogP contribution in [0.25, 0.3) is 10.1 Å². The minimum atomic E-state index is 0.0104. The van der Waals surface area contributed by atoms with Gasteiger partial charge in [-0.15, -0.1) is 11.3 Å². The Morgan fingerprint density at radius 3 is 2.88 bits per heavy atom. The maximum Gasteiger partial charge on any atom is 0.259 e. The molecule has 3 aromatic heterocycles. The fourth-order valence-corrected chi connectivity index (χ4v) is 2.47. The van der Waals surface area contributed by atoms with Crippen molar-refractivity contribution in [3.8, 4) is 0 Å². The molecule has 0 aliphatic carbocycles. The average Bonchev–Trinajstić information content (AvgIpc) is 2.83. The van der Waals surface area contributed by atoms with E-state index in [2.05, 4.69) is 9.97 Å². The normalized spacial score (nSPS) is 10.8. The van der Waals surface area contributed by atoms with Crippen molar-refractivity contribution >= 4 is 21.4 Å². The van der Waals surface area contributed by atoms with E-state index in [-0.39, 0.29) is 5.56 Å². The monoisotopic (exact) mass is 243 g/mol. The molecule has 0 saturated carbocycles. The molecule has 0 amide bonds. The van der Waals surface area contributed by atoms with Crippen LogP contribution in [0, 0.1) is 0 Å². The minimum Gasteiger partial charge on any atom is -0.307 e. The lowest BCUT2D eigenvalue weighted by atomic mass is 10.3. The molecule has 0 aliphatic heterocycles. The first-order valence-electron chi connectivity index (χ1n) is 5.17. The summed E-state index contributed by atoms with van der Waals surface area (Å²) in [6.45, 7) is 0.408. The van der Waals surface area contributed by atoms with E-state index in [9.17, 15) is 4.79 Å². The zero-order chi connectivity index (χ0) is 11.7. The molecular weight excluding hydrogens is 234 g/mol. The van der Waals surface area contributed by atoms with E-state index in [1.54, 1.807) is 40.6 Å². The SMILES string of the molecule is O=c1c2ccsc2ccn1Cc1ncccn1. The Morgan fingerprint density at radius 1 is 1.24 bits per heavy atom. The van der Waals surface area contributed by atoms with E-state index in [0.717, 1.165) is 10.1 Å². The Kier molecular flexibility index (Phi) is 2.45. The van der Waals surface area contributed by atoms with Gasteiger partial charge in [0.15, 0.2) is 0 Å². The predicted molar refractivity (Wildman–Crippen MR) is 67.2 cm³/mol. The molecule has 0 fully saturated rings. The summed E-state index contributed by atoms with van der Waals surface area (Å²) in [6.07, 6.45) is 5.14. The molecule has 5 heteroatoms. The molecule has 0 aromatic carbocycles. The van der Waals surface area contributed by atoms with Gasteiger partial charge in [-0.05, 0) is 23.6 Å². The molecule has 0 radical (unpaired) electrons. The molecule has 0 bridgehead atoms. The van der Waals surface area contributed by atoms with Crippen molar-refractivity contribution in [2.24, 2.45) is 0 Å². The lowest BCUT2D eigenvalue weighted by Gasteiger charge is -2.03. The summed E-state index contributed by atoms with van der Waals surface area (Å²) in [4.78, 5) is 20.3. The van der Waals surface area contributed by atoms with Gasteiger partial charge in [0.05, 0.1) is 11.9 Å². The number of fused-ring (bicyclic) bond motifs is 1. The Morgan fingerprint density at radius 2 is 2.06 bits per heavy atom. The standard InChI is InChI=1S/C12H9N3OS/c16-12-9-3-7-17-10(9)2-6-15(12)8-11-13-4-1-5-14-11/h1-7H,8H2. The van der Waals surface area contributed by atoms with Crippen molar-refractivity contribution < 1.29 is 0 Å². The fraction of sp³-hybridized carbons (Fsp3) is 0.0833. The van der Waals surface area contributed by atoms with Crippen LogP contribution in [0.2, 0.25) is 0 Å². The third kappa shape index (κ3) is 1.85. The van der Waals surface area contributed by atoms with Crippen LogP contribution in [0.1, 0.15) is 5.82 Å². The summed E-state index contributed by atoms with van der Waals surface area (Å²) in [5, 5.41) is 2.68. The van der Waals surface area contributed by atoms with E-state index in [1.165, 1.54) is 0 Å². The molecule has 0 spiro atoms. The first kappa shape index (κ1) is 10.2. The van der Waals surface area contributed by atoms with Gasteiger partial charge in [-0.25, -0.2) is 9.97 Å². The van der Waals surface area contributed by atoms with E-state index >= 15 is 0 Å². The van der Waals surface area contributed by atoms with E-state index in [0.29, 0.717) is 12.4 Å². The number of nitrogens with zero attached hydrogens (tertiary/aromatic N) is 3. The highest BCUT2D eigenvalue weighted by Gasteiger charge is 2.04. The summed E-state index contributed by atoms with van der Waals surface area (Å²) in [5.74, 6) is 0.643. The highest BCUT2D eigenvalue weighted by molar-refractivity contribution is 7.17. The summed E-state index contributed by atoms with van der Waals surface area (Å²) < 4.78 is 2.64. The maximum atomic E-state index is 12.1. The van der Waals surface area contributed by atoms with E-state index < -0.39 is 0 Å². The van der Waals surface area contributed by atoms with Crippen molar-refractivity contribution in [2.75, 3.05) is 0 Å². The van der Waals surface area contributed by atoms with Crippen LogP contribution in [-0.4, -0.2) is 14.5 Å². The Balaban J connectivity index is 2.07. The Bertz CT molecular complexity index is 702. The highest BCUT2D eigenvalue weighted by Crippen LogP contribution is 2.16. The van der Waals surface area contributed by atoms with Crippen molar-refractivity contribution in [3.05, 3.63) is 58.3 Å². The number of hydrogen-bond acceptors (Lipinski definition) is 4. The van der Waals surface area contributed by atoms with Gasteiger partial charge in [-0.1, -0.05) is 0 Å². The molecule has 17 heavy (non-hydrogen) atoms. The molecule has 0 atom stereocenters. The van der Waals surface area contributed by atoms with Gasteiger partial charge in [0.2, 0.25) is 0 Å². The van der Waals surface area contributed by atoms with Crippen LogP contribution in [0.4, 0.5) is 0 Å². The average molecular weight is 243 g/mol. The van der Waals surface area contributed by atoms with Crippen molar-refractivity contribution in [1.29, 1.82) is 0 Å². The molecule has 3 rings (SSSR count). The van der Waals surface area contributed by atoms with Crippen molar-refractivity contribution in [1.82, 2.24) is 14.5 Å². The number of thiophene rings is 1. The second-order valence-corrected chi connectivity index (χ2v) is 4.56. The van der Waals surface area contributed by atoms with Crippen LogP contribution in [0.5, 0.6) is 0 Å². The predicted octanol–water partition coefficient (Wildman–Crippen LogP) is 1.90. The van der Waals surface area contributed by atoms with Crippen LogP contribution >= 0.6 is 11.3 Å². The smallest absolute Gasteiger partial charge is 0.259 e. The van der Waals surface area contributed by atoms with Crippen molar-refractivity contribution in [2.45, 2.75) is 6.54 Å². The summed E-state index contributed by atoms with van der Waals surface area (Å²) in [7, 11) is 0. The number of pyridine rings is 1. The van der Waals surface area contributed by atoms with Crippen LogP contribution < -0.4 is 5.56 Å². The second-order valence-electron chi connectivity index (χ2n) is 3.61. The third-order valence-corrected chi connectivity index (χ3v) is 3.41. The maximum absolute atomic E-state index is 12.1. The number of hydrogen-bond donors (Lipinski definition) is 0. The largest absolute Gasteiger partial charge is 0.307 e. The zero-order valence-electron chi connectivity index (χ0n) is 8.91. The summed E-state index contributed by atoms with van der Waals surface area (Å²) in [5.41, 5.74) is 0.0104. The first-order valence-corrected chi connectivity index (χ1v) is 6.05. The molecule has 0 saturated heterocycles. The molecule has 3 aromatic rings. The van der Waals surface area contributed by atoms with Crippen LogP contribution in [0.3, 0.4) is 0 Å². The zero-order valence-corrected chi connectivity index (χ0v) is 9.72. The van der Waals surface area contributed by atoms with Gasteiger partial charge in [-0.3, -0.25) is 4.79 Å². The molecule has 0 N–H and O–H groups in total. The summed E-state index contributed by atoms with van der Waals surface area (Å²) in [6, 6.07) is 5.56. The van der Waals surface area contributed by atoms with Gasteiger partial charge in [0, 0.05) is 23.3 Å². The van der Waals surface area contributed by atoms with Gasteiger partial charge < -0.3 is 4.57 Å². The fourth-order valence-electron chi connectivity index (χ4n) is 1.70. The molecule has 4 nitrogen and oxygen atoms in total. The minimum absolute atomic E-state index is 0.0104. The summed E-state index contributed by atoms with van der Waals surface area (Å²) >= 11 is 1.57. The lowest BCUT2D eigenvalue weighted by Crippen LogP contribution is -2.20. The molecule has 0 aliphatic rings. The van der Waals surface area contributed by atoms with Crippen molar-refractivity contribution in [3.63, 3.8) is 0 Å². The lowest BCUT2D eigenvalue weighted by molar-refractivity contribution is 0.721. The number of aromatic nitrogens is 3. The molecule has 0 unspecified atom stereocenters. The second kappa shape index (κ2) is 4.10. The van der Waals surface area contributed by atoms with Crippen LogP contribution in [0.15, 0.2) is 47.0 Å². The van der Waals surface area contributed by atoms with Crippen LogP contribution in [-0.2, 0) is 6.54 Å². The Labute approximate surface area is 101 Å². The van der Waals surface area contributed by atoms with Gasteiger partial charge in [0.25, 0.3) is 5.56 Å². The van der Waals surface area contributed by atoms with Gasteiger partial charge in [-0.2, -0.15) is 0 Å². The molecule has 3 heterocycles. The van der Waals surface area contributed by atoms with Gasteiger partial charge >= 0.3 is 0 Å². The highest BCUT2D eigenvalue weighted by atomic mass is 32.1. The topological polar surface area (TPSA) is 47.8 Å².